The zero-order valence-electron chi connectivity index (χ0n) is 13.2. The fourth-order valence-electron chi connectivity index (χ4n) is 2.79. The Balaban J connectivity index is 2.27. The van der Waals surface area contributed by atoms with Crippen molar-refractivity contribution in [2.24, 2.45) is 5.92 Å². The molecule has 2 rings (SSSR count). The highest BCUT2D eigenvalue weighted by Gasteiger charge is 2.31. The minimum Gasteiger partial charge on any atom is -0.465 e. The Morgan fingerprint density at radius 1 is 1.48 bits per heavy atom. The molecule has 1 unspecified atom stereocenters. The Kier molecular flexibility index (Phi) is 6.02. The van der Waals surface area contributed by atoms with Gasteiger partial charge in [-0.25, -0.2) is 13.2 Å². The number of carbonyl (C=O) groups excluding carboxylic acids is 1. The van der Waals surface area contributed by atoms with Crippen molar-refractivity contribution < 1.29 is 17.9 Å². The number of sulfonamides is 1. The van der Waals surface area contributed by atoms with Gasteiger partial charge >= 0.3 is 5.97 Å². The molecule has 0 radical (unpaired) electrons. The standard InChI is InChI=1S/C15H21ClN2O4S/c1-17-9-11-4-3-7-18(10-11)23(20,21)14-6-5-12(8-13(14)16)15(19)22-2/h5-6,8,11,17H,3-4,7,9-10H2,1-2H3. The Morgan fingerprint density at radius 3 is 2.83 bits per heavy atom. The van der Waals surface area contributed by atoms with E-state index in [2.05, 4.69) is 10.1 Å². The number of carbonyl (C=O) groups is 1. The molecule has 1 aliphatic heterocycles. The molecule has 1 aromatic rings. The Hall–Kier alpha value is -1.15. The third-order valence-electron chi connectivity index (χ3n) is 3.95. The second-order valence-corrected chi connectivity index (χ2v) is 7.88. The highest BCUT2D eigenvalue weighted by molar-refractivity contribution is 7.89. The van der Waals surface area contributed by atoms with Crippen molar-refractivity contribution in [1.82, 2.24) is 9.62 Å². The van der Waals surface area contributed by atoms with Crippen molar-refractivity contribution in [2.75, 3.05) is 33.8 Å². The zero-order valence-corrected chi connectivity index (χ0v) is 14.8. The lowest BCUT2D eigenvalue weighted by Gasteiger charge is -2.32. The van der Waals surface area contributed by atoms with Crippen LogP contribution in [0.2, 0.25) is 5.02 Å². The number of rotatable bonds is 5. The summed E-state index contributed by atoms with van der Waals surface area (Å²) in [6, 6.07) is 4.11. The smallest absolute Gasteiger partial charge is 0.337 e. The van der Waals surface area contributed by atoms with Crippen molar-refractivity contribution >= 4 is 27.6 Å². The number of ether oxygens (including phenoxy) is 1. The lowest BCUT2D eigenvalue weighted by molar-refractivity contribution is 0.0600. The lowest BCUT2D eigenvalue weighted by atomic mass is 10.00. The molecule has 0 amide bonds. The maximum Gasteiger partial charge on any atom is 0.337 e. The zero-order chi connectivity index (χ0) is 17.0. The summed E-state index contributed by atoms with van der Waals surface area (Å²) in [5.74, 6) is -0.264. The molecule has 0 aliphatic carbocycles. The van der Waals surface area contributed by atoms with Gasteiger partial charge in [0.05, 0.1) is 17.7 Å². The number of methoxy groups -OCH3 is 1. The van der Waals surface area contributed by atoms with Gasteiger partial charge in [0.2, 0.25) is 10.0 Å². The SMILES string of the molecule is CNCC1CCCN(S(=O)(=O)c2ccc(C(=O)OC)cc2Cl)C1. The van der Waals surface area contributed by atoms with Gasteiger partial charge in [0.1, 0.15) is 4.90 Å². The molecule has 1 saturated heterocycles. The van der Waals surface area contributed by atoms with E-state index in [1.54, 1.807) is 0 Å². The van der Waals surface area contributed by atoms with Gasteiger partial charge in [-0.1, -0.05) is 11.6 Å². The second kappa shape index (κ2) is 7.61. The van der Waals surface area contributed by atoms with Crippen molar-refractivity contribution in [3.63, 3.8) is 0 Å². The molecule has 1 aromatic carbocycles. The molecule has 1 heterocycles. The van der Waals surface area contributed by atoms with Crippen LogP contribution in [0.1, 0.15) is 23.2 Å². The minimum atomic E-state index is -3.67. The summed E-state index contributed by atoms with van der Waals surface area (Å²) in [6.07, 6.45) is 1.82. The van der Waals surface area contributed by atoms with Crippen molar-refractivity contribution in [3.05, 3.63) is 28.8 Å². The molecule has 0 aromatic heterocycles. The molecule has 6 nitrogen and oxygen atoms in total. The summed E-state index contributed by atoms with van der Waals surface area (Å²) < 4.78 is 31.7. The predicted molar refractivity (Wildman–Crippen MR) is 88.2 cm³/mol. The molecule has 0 bridgehead atoms. The summed E-state index contributed by atoms with van der Waals surface area (Å²) in [4.78, 5) is 11.5. The summed E-state index contributed by atoms with van der Waals surface area (Å²) in [7, 11) is -0.554. The van der Waals surface area contributed by atoms with E-state index < -0.39 is 16.0 Å². The van der Waals surface area contributed by atoms with E-state index in [1.165, 1.54) is 29.6 Å². The third-order valence-corrected chi connectivity index (χ3v) is 6.29. The first-order valence-electron chi connectivity index (χ1n) is 7.42. The van der Waals surface area contributed by atoms with Crippen LogP contribution in [0.5, 0.6) is 0 Å². The third kappa shape index (κ3) is 4.03. The summed E-state index contributed by atoms with van der Waals surface area (Å²) in [6.45, 7) is 1.73. The lowest BCUT2D eigenvalue weighted by Crippen LogP contribution is -2.42. The van der Waals surface area contributed by atoms with Crippen molar-refractivity contribution in [1.29, 1.82) is 0 Å². The first-order valence-corrected chi connectivity index (χ1v) is 9.24. The van der Waals surface area contributed by atoms with Crippen LogP contribution in [0.3, 0.4) is 0 Å². The van der Waals surface area contributed by atoms with E-state index in [0.29, 0.717) is 13.1 Å². The van der Waals surface area contributed by atoms with Gasteiger partial charge in [-0.15, -0.1) is 0 Å². The molecule has 1 atom stereocenters. The van der Waals surface area contributed by atoms with Crippen molar-refractivity contribution in [2.45, 2.75) is 17.7 Å². The predicted octanol–water partition coefficient (Wildman–Crippen LogP) is 1.75. The van der Waals surface area contributed by atoms with Gasteiger partial charge in [0.15, 0.2) is 0 Å². The Labute approximate surface area is 141 Å². The van der Waals surface area contributed by atoms with Gasteiger partial charge < -0.3 is 10.1 Å². The van der Waals surface area contributed by atoms with Gasteiger partial charge in [0.25, 0.3) is 0 Å². The molecule has 8 heteroatoms. The van der Waals surface area contributed by atoms with Gasteiger partial charge in [0, 0.05) is 13.1 Å². The highest BCUT2D eigenvalue weighted by Crippen LogP contribution is 2.29. The van der Waals surface area contributed by atoms with E-state index in [9.17, 15) is 13.2 Å². The first kappa shape index (κ1) is 18.2. The molecule has 128 valence electrons. The first-order chi connectivity index (χ1) is 10.9. The Morgan fingerprint density at radius 2 is 2.22 bits per heavy atom. The number of hydrogen-bond acceptors (Lipinski definition) is 5. The molecular weight excluding hydrogens is 340 g/mol. The highest BCUT2D eigenvalue weighted by atomic mass is 35.5. The summed E-state index contributed by atoms with van der Waals surface area (Å²) in [5.41, 5.74) is 0.225. The van der Waals surface area contributed by atoms with Crippen LogP contribution in [-0.2, 0) is 14.8 Å². The van der Waals surface area contributed by atoms with E-state index >= 15 is 0 Å². The van der Waals surface area contributed by atoms with Crippen molar-refractivity contribution in [3.8, 4) is 0 Å². The summed E-state index contributed by atoms with van der Waals surface area (Å²) in [5, 5.41) is 3.12. The molecule has 1 fully saturated rings. The number of nitrogens with one attached hydrogen (secondary N) is 1. The van der Waals surface area contributed by atoms with Crippen LogP contribution in [0.15, 0.2) is 23.1 Å². The van der Waals surface area contributed by atoms with Crippen LogP contribution < -0.4 is 5.32 Å². The largest absolute Gasteiger partial charge is 0.465 e. The van der Waals surface area contributed by atoms with Crippen LogP contribution in [0.4, 0.5) is 0 Å². The molecule has 0 spiro atoms. The molecule has 1 aliphatic rings. The molecular formula is C15H21ClN2O4S. The van der Waals surface area contributed by atoms with E-state index in [1.807, 2.05) is 7.05 Å². The average molecular weight is 361 g/mol. The van der Waals surface area contributed by atoms with Crippen LogP contribution >= 0.6 is 11.6 Å². The number of halogens is 1. The number of nitrogens with zero attached hydrogens (tertiary/aromatic N) is 1. The van der Waals surface area contributed by atoms with Gasteiger partial charge in [-0.2, -0.15) is 4.31 Å². The monoisotopic (exact) mass is 360 g/mol. The number of hydrogen-bond donors (Lipinski definition) is 1. The maximum absolute atomic E-state index is 12.8. The normalized spacial score (nSPS) is 19.5. The number of benzene rings is 1. The summed E-state index contributed by atoms with van der Waals surface area (Å²) >= 11 is 6.11. The molecule has 0 saturated carbocycles. The van der Waals surface area contributed by atoms with E-state index in [4.69, 9.17) is 11.6 Å². The number of piperidine rings is 1. The maximum atomic E-state index is 12.8. The minimum absolute atomic E-state index is 0.0249. The van der Waals surface area contributed by atoms with E-state index in [0.717, 1.165) is 19.4 Å². The molecule has 23 heavy (non-hydrogen) atoms. The Bertz CT molecular complexity index is 676. The van der Waals surface area contributed by atoms with Crippen LogP contribution in [-0.4, -0.2) is 52.5 Å². The van der Waals surface area contributed by atoms with Gasteiger partial charge in [-0.3, -0.25) is 0 Å². The molecule has 1 N–H and O–H groups in total. The van der Waals surface area contributed by atoms with E-state index in [-0.39, 0.29) is 21.4 Å². The quantitative estimate of drug-likeness (QED) is 0.809. The number of esters is 1. The topological polar surface area (TPSA) is 75.7 Å². The second-order valence-electron chi connectivity index (χ2n) is 5.57. The fraction of sp³-hybridized carbons (Fsp3) is 0.533. The van der Waals surface area contributed by atoms with Crippen LogP contribution in [0.25, 0.3) is 0 Å². The van der Waals surface area contributed by atoms with Gasteiger partial charge in [-0.05, 0) is 50.6 Å². The fourth-order valence-corrected chi connectivity index (χ4v) is 4.87. The average Bonchev–Trinajstić information content (AvgIpc) is 2.54. The van der Waals surface area contributed by atoms with Crippen LogP contribution in [0, 0.1) is 5.92 Å².